The molecule has 6 rings (SSSR count). The largest absolute Gasteiger partial charge is 0.336 e. The topological polar surface area (TPSA) is 78.8 Å². The van der Waals surface area contributed by atoms with Crippen molar-refractivity contribution in [1.82, 2.24) is 24.3 Å². The van der Waals surface area contributed by atoms with E-state index in [0.29, 0.717) is 17.0 Å². The predicted octanol–water partition coefficient (Wildman–Crippen LogP) is 4.67. The maximum atomic E-state index is 13.0. The molecule has 2 aliphatic rings. The Morgan fingerprint density at radius 3 is 2.21 bits per heavy atom. The first-order valence-corrected chi connectivity index (χ1v) is 16.8. The fraction of sp³-hybridized carbons (Fsp3) is 0.394. The summed E-state index contributed by atoms with van der Waals surface area (Å²) in [6, 6.07) is 26.3. The fourth-order valence-electron chi connectivity index (χ4n) is 6.49. The molecule has 42 heavy (non-hydrogen) atoms. The highest BCUT2D eigenvalue weighted by Gasteiger charge is 2.29. The summed E-state index contributed by atoms with van der Waals surface area (Å²) in [5.74, 6) is 0.121. The molecule has 2 saturated heterocycles. The van der Waals surface area contributed by atoms with Gasteiger partial charge in [-0.1, -0.05) is 48.5 Å². The van der Waals surface area contributed by atoms with E-state index in [4.69, 9.17) is 0 Å². The van der Waals surface area contributed by atoms with Crippen molar-refractivity contribution >= 4 is 26.8 Å². The molecule has 0 bridgehead atoms. The number of aromatic nitrogens is 2. The van der Waals surface area contributed by atoms with Crippen molar-refractivity contribution in [2.75, 3.05) is 52.1 Å². The van der Waals surface area contributed by atoms with Crippen LogP contribution in [0.5, 0.6) is 0 Å². The van der Waals surface area contributed by atoms with Crippen molar-refractivity contribution < 1.29 is 13.2 Å². The summed E-state index contributed by atoms with van der Waals surface area (Å²) in [5.41, 5.74) is 3.83. The molecule has 2 aliphatic heterocycles. The quantitative estimate of drug-likeness (QED) is 0.299. The van der Waals surface area contributed by atoms with Crippen LogP contribution in [-0.2, 0) is 9.84 Å². The minimum Gasteiger partial charge on any atom is -0.336 e. The van der Waals surface area contributed by atoms with E-state index in [1.807, 2.05) is 47.6 Å². The van der Waals surface area contributed by atoms with Crippen molar-refractivity contribution in [3.05, 3.63) is 96.3 Å². The molecule has 3 aromatic carbocycles. The maximum Gasteiger partial charge on any atom is 0.253 e. The Hall–Kier alpha value is -3.53. The molecule has 1 aromatic heterocycles. The molecule has 0 saturated carbocycles. The number of likely N-dealkylation sites (tertiary alicyclic amines) is 1. The third-order valence-electron chi connectivity index (χ3n) is 8.89. The van der Waals surface area contributed by atoms with E-state index in [1.54, 1.807) is 12.1 Å². The van der Waals surface area contributed by atoms with Gasteiger partial charge in [-0.05, 0) is 61.7 Å². The van der Waals surface area contributed by atoms with E-state index in [1.165, 1.54) is 11.8 Å². The number of amides is 1. The molecule has 1 unspecified atom stereocenters. The number of rotatable bonds is 8. The Bertz CT molecular complexity index is 1610. The second kappa shape index (κ2) is 12.4. The molecular formula is C33H39N5O3S. The van der Waals surface area contributed by atoms with Crippen LogP contribution in [0.4, 0.5) is 0 Å². The summed E-state index contributed by atoms with van der Waals surface area (Å²) in [5, 5.41) is 0. The molecule has 3 heterocycles. The molecule has 0 radical (unpaired) electrons. The van der Waals surface area contributed by atoms with Gasteiger partial charge in [0.2, 0.25) is 0 Å². The lowest BCUT2D eigenvalue weighted by atomic mass is 9.99. The minimum atomic E-state index is -3.25. The van der Waals surface area contributed by atoms with E-state index >= 15 is 0 Å². The zero-order valence-electron chi connectivity index (χ0n) is 24.2. The molecule has 9 heteroatoms. The molecule has 0 N–H and O–H groups in total. The van der Waals surface area contributed by atoms with Gasteiger partial charge >= 0.3 is 0 Å². The summed E-state index contributed by atoms with van der Waals surface area (Å²) in [6.07, 6.45) is 6.22. The van der Waals surface area contributed by atoms with Gasteiger partial charge < -0.3 is 14.4 Å². The van der Waals surface area contributed by atoms with Crippen molar-refractivity contribution in [3.63, 3.8) is 0 Å². The van der Waals surface area contributed by atoms with Gasteiger partial charge in [0.1, 0.15) is 0 Å². The summed E-state index contributed by atoms with van der Waals surface area (Å²) in [7, 11) is -3.25. The van der Waals surface area contributed by atoms with Crippen LogP contribution >= 0.6 is 0 Å². The number of nitrogens with zero attached hydrogens (tertiary/aromatic N) is 5. The van der Waals surface area contributed by atoms with Crippen LogP contribution in [0.2, 0.25) is 0 Å². The van der Waals surface area contributed by atoms with Crippen LogP contribution in [0, 0.1) is 0 Å². The number of imidazole rings is 1. The number of piperidine rings is 1. The fourth-order valence-corrected chi connectivity index (χ4v) is 7.14. The van der Waals surface area contributed by atoms with Crippen LogP contribution in [0.15, 0.2) is 90.1 Å². The highest BCUT2D eigenvalue weighted by atomic mass is 32.2. The van der Waals surface area contributed by atoms with E-state index in [0.717, 1.165) is 81.7 Å². The van der Waals surface area contributed by atoms with Gasteiger partial charge in [0.25, 0.3) is 5.91 Å². The van der Waals surface area contributed by atoms with Gasteiger partial charge in [-0.3, -0.25) is 9.69 Å². The highest BCUT2D eigenvalue weighted by molar-refractivity contribution is 7.90. The van der Waals surface area contributed by atoms with E-state index in [2.05, 4.69) is 49.7 Å². The average molecular weight is 586 g/mol. The predicted molar refractivity (Wildman–Crippen MR) is 165 cm³/mol. The van der Waals surface area contributed by atoms with Gasteiger partial charge in [0.15, 0.2) is 9.84 Å². The smallest absolute Gasteiger partial charge is 0.253 e. The number of benzene rings is 3. The second-order valence-corrected chi connectivity index (χ2v) is 13.6. The molecule has 1 amide bonds. The number of carbonyl (C=O) groups excluding carboxylic acids is 1. The molecule has 1 atom stereocenters. The van der Waals surface area contributed by atoms with Gasteiger partial charge in [0.05, 0.1) is 22.3 Å². The Morgan fingerprint density at radius 2 is 1.55 bits per heavy atom. The molecule has 220 valence electrons. The monoisotopic (exact) mass is 585 g/mol. The van der Waals surface area contributed by atoms with Gasteiger partial charge in [-0.2, -0.15) is 0 Å². The Morgan fingerprint density at radius 1 is 0.881 bits per heavy atom. The first-order valence-electron chi connectivity index (χ1n) is 14.9. The Kier molecular flexibility index (Phi) is 8.42. The zero-order valence-corrected chi connectivity index (χ0v) is 25.0. The Labute approximate surface area is 248 Å². The lowest BCUT2D eigenvalue weighted by Crippen LogP contribution is -2.50. The van der Waals surface area contributed by atoms with E-state index in [-0.39, 0.29) is 5.91 Å². The molecule has 0 spiro atoms. The standard InChI is InChI=1S/C33H39N5O3S/c1-42(40,41)29-12-13-32-30(24-29)34-25-38(32)28-14-17-35(18-15-28)19-16-31(26-8-4-2-5-9-26)36-20-22-37(23-21-36)33(39)27-10-6-3-7-11-27/h2-13,24-25,28,31H,14-23H2,1H3. The summed E-state index contributed by atoms with van der Waals surface area (Å²) in [6.45, 7) is 6.29. The average Bonchev–Trinajstić information content (AvgIpc) is 3.45. The van der Waals surface area contributed by atoms with Crippen LogP contribution in [0.3, 0.4) is 0 Å². The zero-order chi connectivity index (χ0) is 29.1. The number of hydrogen-bond acceptors (Lipinski definition) is 6. The van der Waals surface area contributed by atoms with Crippen LogP contribution in [0.1, 0.15) is 47.3 Å². The van der Waals surface area contributed by atoms with E-state index in [9.17, 15) is 13.2 Å². The summed E-state index contributed by atoms with van der Waals surface area (Å²) in [4.78, 5) is 24.9. The lowest BCUT2D eigenvalue weighted by Gasteiger charge is -2.41. The Balaban J connectivity index is 1.06. The number of piperazine rings is 1. The molecule has 4 aromatic rings. The van der Waals surface area contributed by atoms with Crippen molar-refractivity contribution in [2.45, 2.75) is 36.2 Å². The third-order valence-corrected chi connectivity index (χ3v) is 10.0. The number of hydrogen-bond donors (Lipinski definition) is 0. The normalized spacial score (nSPS) is 18.4. The third kappa shape index (κ3) is 6.28. The lowest BCUT2D eigenvalue weighted by molar-refractivity contribution is 0.0537. The first kappa shape index (κ1) is 28.6. The maximum absolute atomic E-state index is 13.0. The molecule has 2 fully saturated rings. The number of fused-ring (bicyclic) bond motifs is 1. The van der Waals surface area contributed by atoms with Crippen LogP contribution < -0.4 is 0 Å². The van der Waals surface area contributed by atoms with E-state index < -0.39 is 9.84 Å². The van der Waals surface area contributed by atoms with Crippen molar-refractivity contribution in [1.29, 1.82) is 0 Å². The van der Waals surface area contributed by atoms with Gasteiger partial charge in [-0.15, -0.1) is 0 Å². The number of carbonyl (C=O) groups is 1. The molecular weight excluding hydrogens is 546 g/mol. The summed E-state index contributed by atoms with van der Waals surface area (Å²) < 4.78 is 26.1. The SMILES string of the molecule is CS(=O)(=O)c1ccc2c(c1)ncn2C1CCN(CCC(c2ccccc2)N2CCN(C(=O)c3ccccc3)CC2)CC1. The minimum absolute atomic E-state index is 0.121. The van der Waals surface area contributed by atoms with Gasteiger partial charge in [0, 0.05) is 63.2 Å². The van der Waals surface area contributed by atoms with Crippen LogP contribution in [0.25, 0.3) is 11.0 Å². The highest BCUT2D eigenvalue weighted by Crippen LogP contribution is 2.30. The van der Waals surface area contributed by atoms with Crippen molar-refractivity contribution in [2.24, 2.45) is 0 Å². The first-order chi connectivity index (χ1) is 20.4. The number of sulfone groups is 1. The molecule has 0 aliphatic carbocycles. The second-order valence-electron chi connectivity index (χ2n) is 11.6. The van der Waals surface area contributed by atoms with Crippen LogP contribution in [-0.4, -0.2) is 90.6 Å². The molecule has 8 nitrogen and oxygen atoms in total. The van der Waals surface area contributed by atoms with Gasteiger partial charge in [-0.25, -0.2) is 13.4 Å². The van der Waals surface area contributed by atoms with Crippen molar-refractivity contribution in [3.8, 4) is 0 Å². The summed E-state index contributed by atoms with van der Waals surface area (Å²) >= 11 is 0.